The van der Waals surface area contributed by atoms with Crippen LogP contribution in [0.5, 0.6) is 5.75 Å². The fourth-order valence-electron chi connectivity index (χ4n) is 1.66. The highest BCUT2D eigenvalue weighted by Gasteiger charge is 2.17. The Balaban J connectivity index is 2.25. The molecule has 0 radical (unpaired) electrons. The SMILES string of the molecule is CCc1cc(C(=O)O)c(NC(=O)c2ccc(O)cc2)s1. The fourth-order valence-corrected chi connectivity index (χ4v) is 2.64. The smallest absolute Gasteiger partial charge is 0.338 e. The summed E-state index contributed by atoms with van der Waals surface area (Å²) in [5, 5.41) is 21.2. The van der Waals surface area contributed by atoms with Crippen molar-refractivity contribution in [2.24, 2.45) is 0 Å². The Morgan fingerprint density at radius 3 is 2.45 bits per heavy atom. The van der Waals surface area contributed by atoms with Crippen molar-refractivity contribution in [3.05, 3.63) is 46.3 Å². The molecule has 6 heteroatoms. The molecule has 0 aliphatic heterocycles. The standard InChI is InChI=1S/C14H13NO4S/c1-2-10-7-11(14(18)19)13(20-10)15-12(17)8-3-5-9(16)6-4-8/h3-7,16H,2H2,1H3,(H,15,17)(H,18,19). The molecule has 1 amide bonds. The number of carboxylic acids is 1. The van der Waals surface area contributed by atoms with Crippen LogP contribution >= 0.6 is 11.3 Å². The number of aromatic carboxylic acids is 1. The third-order valence-corrected chi connectivity index (χ3v) is 3.91. The van der Waals surface area contributed by atoms with E-state index in [-0.39, 0.29) is 11.3 Å². The maximum Gasteiger partial charge on any atom is 0.338 e. The van der Waals surface area contributed by atoms with E-state index in [2.05, 4.69) is 5.32 Å². The predicted molar refractivity (Wildman–Crippen MR) is 76.7 cm³/mol. The van der Waals surface area contributed by atoms with Crippen LogP contribution < -0.4 is 5.32 Å². The lowest BCUT2D eigenvalue weighted by atomic mass is 10.2. The van der Waals surface area contributed by atoms with Crippen molar-refractivity contribution in [2.75, 3.05) is 5.32 Å². The lowest BCUT2D eigenvalue weighted by Gasteiger charge is -2.04. The van der Waals surface area contributed by atoms with Gasteiger partial charge in [-0.05, 0) is 36.8 Å². The molecule has 1 aromatic carbocycles. The first-order valence-electron chi connectivity index (χ1n) is 5.97. The van der Waals surface area contributed by atoms with Gasteiger partial charge in [0.25, 0.3) is 5.91 Å². The Morgan fingerprint density at radius 2 is 1.90 bits per heavy atom. The second-order valence-electron chi connectivity index (χ2n) is 4.12. The van der Waals surface area contributed by atoms with E-state index in [1.54, 1.807) is 6.07 Å². The van der Waals surface area contributed by atoms with Gasteiger partial charge in [-0.1, -0.05) is 6.92 Å². The number of phenols is 1. The van der Waals surface area contributed by atoms with Crippen molar-refractivity contribution in [3.63, 3.8) is 0 Å². The van der Waals surface area contributed by atoms with Crippen molar-refractivity contribution in [1.29, 1.82) is 0 Å². The van der Waals surface area contributed by atoms with E-state index in [4.69, 9.17) is 5.11 Å². The Morgan fingerprint density at radius 1 is 1.25 bits per heavy atom. The Kier molecular flexibility index (Phi) is 4.05. The summed E-state index contributed by atoms with van der Waals surface area (Å²) < 4.78 is 0. The minimum Gasteiger partial charge on any atom is -0.508 e. The largest absolute Gasteiger partial charge is 0.508 e. The zero-order chi connectivity index (χ0) is 14.7. The van der Waals surface area contributed by atoms with Crippen LogP contribution in [0.2, 0.25) is 0 Å². The quantitative estimate of drug-likeness (QED) is 0.808. The maximum atomic E-state index is 12.0. The Hall–Kier alpha value is -2.34. The number of carbonyl (C=O) groups is 2. The van der Waals surface area contributed by atoms with Gasteiger partial charge >= 0.3 is 5.97 Å². The molecule has 1 aromatic heterocycles. The van der Waals surface area contributed by atoms with Crippen molar-refractivity contribution in [3.8, 4) is 5.75 Å². The number of rotatable bonds is 4. The van der Waals surface area contributed by atoms with Crippen LogP contribution in [0, 0.1) is 0 Å². The highest BCUT2D eigenvalue weighted by molar-refractivity contribution is 7.16. The molecule has 0 bridgehead atoms. The summed E-state index contributed by atoms with van der Waals surface area (Å²) in [7, 11) is 0. The molecule has 20 heavy (non-hydrogen) atoms. The highest BCUT2D eigenvalue weighted by atomic mass is 32.1. The van der Waals surface area contributed by atoms with Gasteiger partial charge in [-0.25, -0.2) is 4.79 Å². The van der Waals surface area contributed by atoms with Crippen molar-refractivity contribution >= 4 is 28.2 Å². The Labute approximate surface area is 119 Å². The third-order valence-electron chi connectivity index (χ3n) is 2.72. The van der Waals surface area contributed by atoms with Gasteiger partial charge < -0.3 is 15.5 Å². The lowest BCUT2D eigenvalue weighted by Crippen LogP contribution is -2.12. The second-order valence-corrected chi connectivity index (χ2v) is 5.25. The van der Waals surface area contributed by atoms with Crippen LogP contribution in [-0.2, 0) is 6.42 Å². The van der Waals surface area contributed by atoms with E-state index in [1.165, 1.54) is 35.6 Å². The molecule has 2 aromatic rings. The van der Waals surface area contributed by atoms with E-state index in [1.807, 2.05) is 6.92 Å². The summed E-state index contributed by atoms with van der Waals surface area (Å²) in [6.45, 7) is 1.92. The van der Waals surface area contributed by atoms with E-state index in [0.717, 1.165) is 4.88 Å². The van der Waals surface area contributed by atoms with Crippen LogP contribution in [0.4, 0.5) is 5.00 Å². The number of aromatic hydroxyl groups is 1. The first kappa shape index (κ1) is 14.1. The van der Waals surface area contributed by atoms with Gasteiger partial charge in [-0.3, -0.25) is 4.79 Å². The summed E-state index contributed by atoms with van der Waals surface area (Å²) in [6.07, 6.45) is 0.708. The molecule has 3 N–H and O–H groups in total. The van der Waals surface area contributed by atoms with Crippen LogP contribution in [0.25, 0.3) is 0 Å². The normalized spacial score (nSPS) is 10.2. The molecule has 0 spiro atoms. The average molecular weight is 291 g/mol. The van der Waals surface area contributed by atoms with Crippen molar-refractivity contribution in [2.45, 2.75) is 13.3 Å². The lowest BCUT2D eigenvalue weighted by molar-refractivity contribution is 0.0698. The molecule has 0 aliphatic rings. The molecule has 0 atom stereocenters. The van der Waals surface area contributed by atoms with Crippen LogP contribution in [0.3, 0.4) is 0 Å². The van der Waals surface area contributed by atoms with Gasteiger partial charge in [0.05, 0.1) is 5.56 Å². The topological polar surface area (TPSA) is 86.6 Å². The number of hydrogen-bond donors (Lipinski definition) is 3. The van der Waals surface area contributed by atoms with E-state index < -0.39 is 11.9 Å². The summed E-state index contributed by atoms with van der Waals surface area (Å²) >= 11 is 1.25. The minimum atomic E-state index is -1.07. The molecule has 0 aliphatic carbocycles. The molecule has 0 saturated heterocycles. The number of anilines is 1. The number of nitrogens with one attached hydrogen (secondary N) is 1. The van der Waals surface area contributed by atoms with Crippen LogP contribution in [0.15, 0.2) is 30.3 Å². The van der Waals surface area contributed by atoms with Gasteiger partial charge in [0, 0.05) is 10.4 Å². The minimum absolute atomic E-state index is 0.0668. The molecular weight excluding hydrogens is 278 g/mol. The molecular formula is C14H13NO4S. The molecule has 0 saturated carbocycles. The van der Waals surface area contributed by atoms with Crippen LogP contribution in [-0.4, -0.2) is 22.1 Å². The zero-order valence-electron chi connectivity index (χ0n) is 10.7. The molecule has 0 unspecified atom stereocenters. The maximum absolute atomic E-state index is 12.0. The molecule has 1 heterocycles. The van der Waals surface area contributed by atoms with Gasteiger partial charge in [-0.2, -0.15) is 0 Å². The van der Waals surface area contributed by atoms with Gasteiger partial charge in [-0.15, -0.1) is 11.3 Å². The first-order chi connectivity index (χ1) is 9.51. The van der Waals surface area contributed by atoms with E-state index in [9.17, 15) is 14.7 Å². The van der Waals surface area contributed by atoms with Crippen LogP contribution in [0.1, 0.15) is 32.5 Å². The number of phenolic OH excluding ortho intramolecular Hbond substituents is 1. The fraction of sp³-hybridized carbons (Fsp3) is 0.143. The molecule has 104 valence electrons. The second kappa shape index (κ2) is 5.75. The predicted octanol–water partition coefficient (Wildman–Crippen LogP) is 2.97. The van der Waals surface area contributed by atoms with Crippen molar-refractivity contribution < 1.29 is 19.8 Å². The number of thiophene rings is 1. The monoisotopic (exact) mass is 291 g/mol. The van der Waals surface area contributed by atoms with Crippen molar-refractivity contribution in [1.82, 2.24) is 0 Å². The third kappa shape index (κ3) is 2.97. The number of carboxylic acid groups (broad SMARTS) is 1. The summed E-state index contributed by atoms with van der Waals surface area (Å²) in [4.78, 5) is 24.0. The zero-order valence-corrected chi connectivity index (χ0v) is 11.5. The average Bonchev–Trinajstić information content (AvgIpc) is 2.82. The molecule has 0 fully saturated rings. The Bertz CT molecular complexity index is 646. The molecule has 2 rings (SSSR count). The number of amides is 1. The number of aryl methyl sites for hydroxylation is 1. The van der Waals surface area contributed by atoms with Gasteiger partial charge in [0.1, 0.15) is 10.8 Å². The van der Waals surface area contributed by atoms with E-state index in [0.29, 0.717) is 17.0 Å². The van der Waals surface area contributed by atoms with Gasteiger partial charge in [0.2, 0.25) is 0 Å². The number of carbonyl (C=O) groups excluding carboxylic acids is 1. The first-order valence-corrected chi connectivity index (χ1v) is 6.79. The van der Waals surface area contributed by atoms with E-state index >= 15 is 0 Å². The number of hydrogen-bond acceptors (Lipinski definition) is 4. The summed E-state index contributed by atoms with van der Waals surface area (Å²) in [5.74, 6) is -1.41. The summed E-state index contributed by atoms with van der Waals surface area (Å²) in [5.41, 5.74) is 0.449. The molecule has 5 nitrogen and oxygen atoms in total. The number of benzene rings is 1. The van der Waals surface area contributed by atoms with Gasteiger partial charge in [0.15, 0.2) is 0 Å². The highest BCUT2D eigenvalue weighted by Crippen LogP contribution is 2.29. The summed E-state index contributed by atoms with van der Waals surface area (Å²) in [6, 6.07) is 7.32.